The summed E-state index contributed by atoms with van der Waals surface area (Å²) in [5.41, 5.74) is 70.7. The molecule has 0 fully saturated rings. The van der Waals surface area contributed by atoms with Gasteiger partial charge < -0.3 is 106 Å². The lowest BCUT2D eigenvalue weighted by molar-refractivity contribution is -0.135. The molecule has 2 rings (SSSR count). The first kappa shape index (κ1) is 66.6. The molecule has 0 bridgehead atoms. The van der Waals surface area contributed by atoms with Crippen molar-refractivity contribution in [3.63, 3.8) is 0 Å². The zero-order valence-electron chi connectivity index (χ0n) is 44.4. The first-order valence-electron chi connectivity index (χ1n) is 25.4. The number of aliphatic imine (C=N–C) groups is 6. The summed E-state index contributed by atoms with van der Waals surface area (Å²) in [6.45, 7) is 0.218. The number of hydrogen-bond acceptors (Lipinski definition) is 16. The zero-order chi connectivity index (χ0) is 59.7. The minimum atomic E-state index is -1.50. The Kier molecular flexibility index (Phi) is 29.8. The smallest absolute Gasteiger partial charge is 0.349 e. The van der Waals surface area contributed by atoms with Crippen LogP contribution in [0.4, 0.5) is 0 Å². The molecule has 34 nitrogen and oxygen atoms in total. The van der Waals surface area contributed by atoms with Crippen LogP contribution in [0.25, 0.3) is 11.0 Å². The Labute approximate surface area is 460 Å². The molecule has 0 saturated carbocycles. The highest BCUT2D eigenvalue weighted by Crippen LogP contribution is 2.14. The first-order valence-corrected chi connectivity index (χ1v) is 25.4. The number of hydrogen-bond donors (Lipinski definition) is 19. The van der Waals surface area contributed by atoms with Crippen LogP contribution in [0.15, 0.2) is 69.5 Å². The highest BCUT2D eigenvalue weighted by molar-refractivity contribution is 6.08. The number of benzene rings is 1. The molecule has 32 N–H and O–H groups in total. The van der Waals surface area contributed by atoms with Crippen molar-refractivity contribution in [1.82, 2.24) is 31.9 Å². The lowest BCUT2D eigenvalue weighted by Gasteiger charge is -2.27. The van der Waals surface area contributed by atoms with Gasteiger partial charge in [-0.2, -0.15) is 0 Å². The second-order valence-corrected chi connectivity index (χ2v) is 17.9. The van der Waals surface area contributed by atoms with Gasteiger partial charge in [0.2, 0.25) is 35.4 Å². The van der Waals surface area contributed by atoms with Gasteiger partial charge in [-0.25, -0.2) is 4.79 Å². The molecule has 0 spiro atoms. The van der Waals surface area contributed by atoms with Crippen molar-refractivity contribution in [1.29, 1.82) is 0 Å². The van der Waals surface area contributed by atoms with Crippen LogP contribution in [0.3, 0.4) is 0 Å². The molecule has 34 heteroatoms. The largest absolute Gasteiger partial charge is 0.422 e. The molecule has 0 aliphatic heterocycles. The minimum Gasteiger partial charge on any atom is -0.422 e. The maximum absolute atomic E-state index is 14.5. The van der Waals surface area contributed by atoms with Crippen LogP contribution >= 0.6 is 0 Å². The average Bonchev–Trinajstić information content (AvgIpc) is 3.39. The van der Waals surface area contributed by atoms with Crippen molar-refractivity contribution < 1.29 is 38.0 Å². The van der Waals surface area contributed by atoms with Gasteiger partial charge in [0.05, 0.1) is 6.04 Å². The highest BCUT2D eigenvalue weighted by atomic mass is 16.4. The van der Waals surface area contributed by atoms with E-state index in [1.54, 1.807) is 18.2 Å². The molecule has 0 saturated heterocycles. The van der Waals surface area contributed by atoms with E-state index in [9.17, 15) is 38.4 Å². The Bertz CT molecular complexity index is 2630. The number of guanidine groups is 6. The second kappa shape index (κ2) is 35.8. The number of fused-ring (bicyclic) bond motifs is 1. The number of carbonyl (C=O) groups is 7. The average molecular weight is 1130 g/mol. The van der Waals surface area contributed by atoms with E-state index in [-0.39, 0.29) is 151 Å². The number of carbonyl (C=O) groups excluding carboxylic acids is 7. The van der Waals surface area contributed by atoms with Crippen molar-refractivity contribution >= 4 is 88.1 Å². The summed E-state index contributed by atoms with van der Waals surface area (Å²) in [5.74, 6) is -7.88. The van der Waals surface area contributed by atoms with Crippen molar-refractivity contribution in [2.24, 2.45) is 104 Å². The third-order valence-corrected chi connectivity index (χ3v) is 11.3. The normalized spacial score (nSPS) is 12.9. The molecule has 1 heterocycles. The minimum absolute atomic E-state index is 0.00842. The lowest BCUT2D eigenvalue weighted by Crippen LogP contribution is -2.59. The van der Waals surface area contributed by atoms with Gasteiger partial charge in [-0.15, -0.1) is 0 Å². The summed E-state index contributed by atoms with van der Waals surface area (Å²) in [4.78, 5) is 134. The van der Waals surface area contributed by atoms with Crippen LogP contribution in [0.2, 0.25) is 0 Å². The molecule has 0 aliphatic rings. The maximum atomic E-state index is 14.5. The monoisotopic (exact) mass is 1130 g/mol. The molecule has 80 heavy (non-hydrogen) atoms. The Hall–Kier alpha value is -9.50. The predicted molar refractivity (Wildman–Crippen MR) is 302 cm³/mol. The summed E-state index contributed by atoms with van der Waals surface area (Å²) in [6.07, 6.45) is 0.353. The van der Waals surface area contributed by atoms with Crippen molar-refractivity contribution in [3.8, 4) is 0 Å². The van der Waals surface area contributed by atoms with E-state index in [1.165, 1.54) is 12.1 Å². The maximum Gasteiger partial charge on any atom is 0.349 e. The molecule has 442 valence electrons. The van der Waals surface area contributed by atoms with Crippen molar-refractivity contribution in [3.05, 3.63) is 46.3 Å². The molecule has 1 aromatic carbocycles. The molecule has 1 aromatic heterocycles. The number of nitrogens with one attached hydrogen (secondary N) is 6. The summed E-state index contributed by atoms with van der Waals surface area (Å²) >= 11 is 0. The van der Waals surface area contributed by atoms with Gasteiger partial charge in [0.15, 0.2) is 35.8 Å². The quantitative estimate of drug-likeness (QED) is 0.0130. The zero-order valence-corrected chi connectivity index (χ0v) is 44.4. The Morgan fingerprint density at radius 2 is 0.700 bits per heavy atom. The summed E-state index contributed by atoms with van der Waals surface area (Å²) in [7, 11) is 0. The van der Waals surface area contributed by atoms with Crippen LogP contribution in [0.5, 0.6) is 0 Å². The summed E-state index contributed by atoms with van der Waals surface area (Å²) in [6, 6.07) is -0.671. The van der Waals surface area contributed by atoms with Crippen LogP contribution in [0, 0.1) is 0 Å². The molecule has 6 atom stereocenters. The van der Waals surface area contributed by atoms with E-state index in [1.807, 2.05) is 0 Å². The topological polar surface area (TPSA) is 634 Å². The van der Waals surface area contributed by atoms with Gasteiger partial charge >= 0.3 is 5.63 Å². The van der Waals surface area contributed by atoms with E-state index in [0.29, 0.717) is 11.8 Å². The van der Waals surface area contributed by atoms with Gasteiger partial charge in [0, 0.05) is 44.7 Å². The SMILES string of the molecule is NC(N)=NCCC[C@H](NC(=O)[C@H](CCCN=C(N)N)NC(=O)[C@H](CCCN=C(N)N)NC(=O)[C@H](CCCN=C(N)N)NC(=O)[C@H](CCCN=C(N)N)NC(=O)[C@@H](N)CCCN=C(N)N)C(=O)NC(=O)c1cc2ccccc2oc1=O. The van der Waals surface area contributed by atoms with E-state index < -0.39 is 88.8 Å². The predicted octanol–water partition coefficient (Wildman–Crippen LogP) is -7.88. The second-order valence-electron chi connectivity index (χ2n) is 17.9. The number of nitrogens with zero attached hydrogens (tertiary/aromatic N) is 6. The van der Waals surface area contributed by atoms with Gasteiger partial charge in [-0.05, 0) is 89.2 Å². The third-order valence-electron chi connectivity index (χ3n) is 11.3. The highest BCUT2D eigenvalue weighted by Gasteiger charge is 2.33. The fourth-order valence-electron chi connectivity index (χ4n) is 7.37. The van der Waals surface area contributed by atoms with Crippen molar-refractivity contribution in [2.45, 2.75) is 113 Å². The van der Waals surface area contributed by atoms with Gasteiger partial charge in [-0.3, -0.25) is 68.8 Å². The molecular formula is C46H79N25O9. The molecular weight excluding hydrogens is 1050 g/mol. The van der Waals surface area contributed by atoms with E-state index >= 15 is 0 Å². The number of amides is 7. The molecule has 0 radical (unpaired) electrons. The summed E-state index contributed by atoms with van der Waals surface area (Å²) < 4.78 is 5.25. The standard InChI is InChI=1S/C46H79N25O9/c47-26(10-3-17-60-41(48)49)34(73)66-27(11-4-18-61-42(50)51)35(74)67-28(12-5-19-62-43(52)53)36(75)68-29(13-6-20-63-44(54)55)37(76)69-30(14-7-21-64-45(56)57)38(77)70-31(15-8-22-65-46(58)59)39(78)71-33(72)25-23-24-9-1-2-16-32(24)80-40(25)79/h1-2,9,16,23,26-31H,3-8,10-15,17-22,47H2,(H,66,73)(H,67,74)(H,68,75)(H,69,76)(H,70,77)(H4,48,49,60)(H4,50,51,61)(H4,52,53,62)(H4,54,55,63)(H4,56,57,64)(H4,58,59,65)(H,71,72,78)/t26-,27-,28-,29-,30-,31-/m0/s1. The number of para-hydroxylation sites is 1. The Morgan fingerprint density at radius 1 is 0.412 bits per heavy atom. The number of imide groups is 1. The third kappa shape index (κ3) is 27.0. The number of nitrogens with two attached hydrogens (primary N) is 13. The fraction of sp³-hybridized carbons (Fsp3) is 0.522. The van der Waals surface area contributed by atoms with E-state index in [2.05, 4.69) is 61.9 Å². The van der Waals surface area contributed by atoms with Crippen LogP contribution in [0.1, 0.15) is 87.4 Å². The molecule has 0 unspecified atom stereocenters. The Balaban J connectivity index is 2.56. The van der Waals surface area contributed by atoms with Gasteiger partial charge in [-0.1, -0.05) is 18.2 Å². The molecule has 2 aromatic rings. The van der Waals surface area contributed by atoms with Crippen LogP contribution in [-0.2, 0) is 28.8 Å². The molecule has 0 aliphatic carbocycles. The van der Waals surface area contributed by atoms with Gasteiger partial charge in [0.1, 0.15) is 41.4 Å². The van der Waals surface area contributed by atoms with E-state index in [0.717, 1.165) is 0 Å². The fourth-order valence-corrected chi connectivity index (χ4v) is 7.37. The van der Waals surface area contributed by atoms with Crippen molar-refractivity contribution in [2.75, 3.05) is 39.3 Å². The van der Waals surface area contributed by atoms with E-state index in [4.69, 9.17) is 79.0 Å². The van der Waals surface area contributed by atoms with Crippen LogP contribution in [-0.4, -0.2) is 153 Å². The number of rotatable bonds is 36. The van der Waals surface area contributed by atoms with Gasteiger partial charge in [0.25, 0.3) is 5.91 Å². The first-order chi connectivity index (χ1) is 37.9. The summed E-state index contributed by atoms with van der Waals surface area (Å²) in [5, 5.41) is 15.6. The lowest BCUT2D eigenvalue weighted by atomic mass is 10.0. The molecule has 7 amide bonds. The Morgan fingerprint density at radius 3 is 1.02 bits per heavy atom. The van der Waals surface area contributed by atoms with Crippen LogP contribution < -0.4 is 112 Å².